The van der Waals surface area contributed by atoms with E-state index in [1.54, 1.807) is 61.5 Å². The molecule has 1 aliphatic heterocycles. The average molecular weight is 514 g/mol. The van der Waals surface area contributed by atoms with Gasteiger partial charge in [-0.1, -0.05) is 11.6 Å². The number of benzene rings is 1. The molecule has 0 spiro atoms. The van der Waals surface area contributed by atoms with Gasteiger partial charge in [0.1, 0.15) is 9.81 Å². The Balaban J connectivity index is 0.000000331. The molecule has 2 aliphatic rings. The number of nitrogens with two attached hydrogens (primary N) is 1. The van der Waals surface area contributed by atoms with Crippen molar-refractivity contribution in [3.63, 3.8) is 0 Å². The highest BCUT2D eigenvalue weighted by atomic mass is 35.5. The molecule has 2 fully saturated rings. The number of hydrogen-bond donors (Lipinski definition) is 2. The Hall–Kier alpha value is -2.14. The van der Waals surface area contributed by atoms with Crippen LogP contribution < -0.4 is 11.1 Å². The van der Waals surface area contributed by atoms with Gasteiger partial charge in [-0.15, -0.1) is 11.3 Å². The summed E-state index contributed by atoms with van der Waals surface area (Å²) in [6, 6.07) is 10.2. The Morgan fingerprint density at radius 1 is 1.21 bits per heavy atom. The number of hydrogen-bond acceptors (Lipinski definition) is 6. The molecular formula is C22H28ClN3O5S2. The van der Waals surface area contributed by atoms with Crippen LogP contribution in [0, 0.1) is 5.92 Å². The molecule has 4 rings (SSSR count). The maximum Gasteiger partial charge on any atom is 0.405 e. The lowest BCUT2D eigenvalue weighted by atomic mass is 10.2. The number of nitrogens with one attached hydrogen (secondary N) is 1. The molecule has 1 aromatic carbocycles. The van der Waals surface area contributed by atoms with Crippen molar-refractivity contribution in [1.29, 1.82) is 0 Å². The quantitative estimate of drug-likeness (QED) is 0.626. The van der Waals surface area contributed by atoms with Crippen LogP contribution in [-0.4, -0.2) is 42.9 Å². The summed E-state index contributed by atoms with van der Waals surface area (Å²) in [6.45, 7) is 6.21. The van der Waals surface area contributed by atoms with Gasteiger partial charge in [-0.25, -0.2) is 13.2 Å². The van der Waals surface area contributed by atoms with Gasteiger partial charge in [0.25, 0.3) is 15.9 Å². The Morgan fingerprint density at radius 2 is 1.88 bits per heavy atom. The first-order valence-electron chi connectivity index (χ1n) is 10.5. The molecule has 2 unspecified atom stereocenters. The van der Waals surface area contributed by atoms with Crippen molar-refractivity contribution in [1.82, 2.24) is 9.62 Å². The van der Waals surface area contributed by atoms with Crippen molar-refractivity contribution in [2.45, 2.75) is 56.0 Å². The van der Waals surface area contributed by atoms with Gasteiger partial charge in [0, 0.05) is 28.0 Å². The van der Waals surface area contributed by atoms with E-state index >= 15 is 0 Å². The smallest absolute Gasteiger partial charge is 0.405 e. The first-order chi connectivity index (χ1) is 15.4. The van der Waals surface area contributed by atoms with Crippen molar-refractivity contribution < 1.29 is 22.7 Å². The third-order valence-corrected chi connectivity index (χ3v) is 8.84. The van der Waals surface area contributed by atoms with Gasteiger partial charge in [-0.3, -0.25) is 4.79 Å². The number of halogens is 1. The number of sulfonamides is 1. The highest BCUT2D eigenvalue weighted by Gasteiger charge is 2.52. The first-order valence-corrected chi connectivity index (χ1v) is 13.1. The number of piperidine rings is 1. The van der Waals surface area contributed by atoms with Gasteiger partial charge in [0.15, 0.2) is 0 Å². The van der Waals surface area contributed by atoms with Gasteiger partial charge in [0.2, 0.25) is 0 Å². The summed E-state index contributed by atoms with van der Waals surface area (Å²) in [7, 11) is -3.40. The van der Waals surface area contributed by atoms with Crippen LogP contribution in [0.3, 0.4) is 0 Å². The third-order valence-electron chi connectivity index (χ3n) is 5.11. The Bertz CT molecular complexity index is 1110. The minimum atomic E-state index is -3.40. The van der Waals surface area contributed by atoms with E-state index in [1.807, 2.05) is 0 Å². The first kappa shape index (κ1) is 25.5. The average Bonchev–Trinajstić information content (AvgIpc) is 3.12. The number of amides is 2. The van der Waals surface area contributed by atoms with E-state index in [-0.39, 0.29) is 11.9 Å². The predicted octanol–water partition coefficient (Wildman–Crippen LogP) is 3.99. The molecule has 3 N–H and O–H groups in total. The number of carbonyl (C=O) groups is 2. The van der Waals surface area contributed by atoms with Gasteiger partial charge in [0.05, 0.1) is 6.54 Å². The minimum absolute atomic E-state index is 0.208. The van der Waals surface area contributed by atoms with Crippen LogP contribution in [0.2, 0.25) is 5.02 Å². The Kier molecular flexibility index (Phi) is 7.73. The molecule has 2 aromatic rings. The van der Waals surface area contributed by atoms with Crippen LogP contribution in [0.5, 0.6) is 0 Å². The zero-order valence-corrected chi connectivity index (χ0v) is 21.1. The summed E-state index contributed by atoms with van der Waals surface area (Å²) in [5.74, 6) is 0.350. The van der Waals surface area contributed by atoms with Crippen molar-refractivity contribution >= 4 is 45.0 Å². The number of thiophene rings is 1. The molecule has 2 amide bonds. The van der Waals surface area contributed by atoms with Crippen molar-refractivity contribution in [3.8, 4) is 0 Å². The highest BCUT2D eigenvalue weighted by molar-refractivity contribution is 7.91. The fourth-order valence-corrected chi connectivity index (χ4v) is 6.79. The minimum Gasteiger partial charge on any atom is -0.444 e. The summed E-state index contributed by atoms with van der Waals surface area (Å²) in [5.41, 5.74) is 4.78. The summed E-state index contributed by atoms with van der Waals surface area (Å²) in [6.07, 6.45) is 1.24. The number of fused-ring (bicyclic) bond motifs is 1. The van der Waals surface area contributed by atoms with E-state index in [4.69, 9.17) is 17.3 Å². The van der Waals surface area contributed by atoms with E-state index in [0.717, 1.165) is 17.7 Å². The van der Waals surface area contributed by atoms with E-state index in [9.17, 15) is 18.0 Å². The second kappa shape index (κ2) is 10.0. The molecule has 8 nitrogen and oxygen atoms in total. The lowest BCUT2D eigenvalue weighted by Gasteiger charge is -2.16. The zero-order valence-electron chi connectivity index (χ0n) is 18.7. The lowest BCUT2D eigenvalue weighted by molar-refractivity contribution is 0.0599. The molecular weight excluding hydrogens is 486 g/mol. The Labute approximate surface area is 203 Å². The predicted molar refractivity (Wildman–Crippen MR) is 128 cm³/mol. The SMILES string of the molecule is CC(C)(C)OC(N)=O.O=C(NCc1ccc(S(=O)(=O)N2CCC3CC32)s1)c1ccc(Cl)cc1. The van der Waals surface area contributed by atoms with Crippen LogP contribution >= 0.6 is 22.9 Å². The van der Waals surface area contributed by atoms with Crippen molar-refractivity contribution in [2.75, 3.05) is 6.54 Å². The fourth-order valence-electron chi connectivity index (χ4n) is 3.53. The van der Waals surface area contributed by atoms with Crippen LogP contribution in [-0.2, 0) is 21.3 Å². The largest absolute Gasteiger partial charge is 0.444 e. The van der Waals surface area contributed by atoms with E-state index in [2.05, 4.69) is 10.1 Å². The van der Waals surface area contributed by atoms with Crippen molar-refractivity contribution in [3.05, 3.63) is 51.9 Å². The van der Waals surface area contributed by atoms with Gasteiger partial charge in [-0.2, -0.15) is 4.31 Å². The number of rotatable bonds is 5. The summed E-state index contributed by atoms with van der Waals surface area (Å²) >= 11 is 7.03. The maximum atomic E-state index is 12.7. The lowest BCUT2D eigenvalue weighted by Crippen LogP contribution is -2.30. The molecule has 2 atom stereocenters. The Morgan fingerprint density at radius 3 is 2.36 bits per heavy atom. The number of nitrogens with zero attached hydrogens (tertiary/aromatic N) is 1. The molecule has 180 valence electrons. The molecule has 0 radical (unpaired) electrons. The maximum absolute atomic E-state index is 12.7. The topological polar surface area (TPSA) is 119 Å². The van der Waals surface area contributed by atoms with Gasteiger partial charge >= 0.3 is 6.09 Å². The van der Waals surface area contributed by atoms with Crippen LogP contribution in [0.25, 0.3) is 0 Å². The van der Waals surface area contributed by atoms with Gasteiger partial charge in [-0.05, 0) is 75.9 Å². The molecule has 1 aromatic heterocycles. The number of primary amides is 1. The van der Waals surface area contributed by atoms with Crippen LogP contribution in [0.4, 0.5) is 4.79 Å². The van der Waals surface area contributed by atoms with Crippen LogP contribution in [0.15, 0.2) is 40.6 Å². The molecule has 0 bridgehead atoms. The molecule has 2 heterocycles. The molecule has 11 heteroatoms. The third kappa shape index (κ3) is 6.92. The fraction of sp³-hybridized carbons (Fsp3) is 0.455. The summed E-state index contributed by atoms with van der Waals surface area (Å²) < 4.78 is 32.0. The molecule has 1 saturated heterocycles. The van der Waals surface area contributed by atoms with Gasteiger partial charge < -0.3 is 15.8 Å². The van der Waals surface area contributed by atoms with E-state index < -0.39 is 21.7 Å². The summed E-state index contributed by atoms with van der Waals surface area (Å²) in [5, 5.41) is 3.38. The zero-order chi connectivity index (χ0) is 24.4. The second-order valence-electron chi connectivity index (χ2n) is 8.91. The molecule has 1 aliphatic carbocycles. The monoisotopic (exact) mass is 513 g/mol. The highest BCUT2D eigenvalue weighted by Crippen LogP contribution is 2.47. The standard InChI is InChI=1S/C17H17ClN2O3S2.C5H11NO2/c18-13-3-1-11(2-4-13)17(21)19-10-14-5-6-16(24-14)25(22,23)20-8-7-12-9-15(12)20;1-5(2,3)8-4(6)7/h1-6,12,15H,7-10H2,(H,19,21);1-3H3,(H2,6,7). The van der Waals surface area contributed by atoms with Crippen LogP contribution in [0.1, 0.15) is 48.8 Å². The number of carbonyl (C=O) groups excluding carboxylic acids is 2. The summed E-state index contributed by atoms with van der Waals surface area (Å²) in [4.78, 5) is 22.9. The molecule has 1 saturated carbocycles. The second-order valence-corrected chi connectivity index (χ2v) is 12.6. The molecule has 33 heavy (non-hydrogen) atoms. The number of ether oxygens (including phenoxy) is 1. The van der Waals surface area contributed by atoms with E-state index in [0.29, 0.717) is 33.8 Å². The van der Waals surface area contributed by atoms with E-state index in [1.165, 1.54) is 11.3 Å². The normalized spacial score (nSPS) is 19.8. The van der Waals surface area contributed by atoms with Crippen molar-refractivity contribution in [2.24, 2.45) is 11.7 Å².